The van der Waals surface area contributed by atoms with Crippen LogP contribution in [0.2, 0.25) is 0 Å². The number of aryl methyl sites for hydroxylation is 1. The van der Waals surface area contributed by atoms with Crippen molar-refractivity contribution in [3.63, 3.8) is 0 Å². The molecule has 1 aromatic heterocycles. The Bertz CT molecular complexity index is 974. The number of nitrogens with one attached hydrogen (secondary N) is 3. The van der Waals surface area contributed by atoms with Crippen LogP contribution in [0.5, 0.6) is 5.75 Å². The Kier molecular flexibility index (Phi) is 9.44. The van der Waals surface area contributed by atoms with E-state index in [9.17, 15) is 0 Å². The van der Waals surface area contributed by atoms with Crippen molar-refractivity contribution in [2.24, 2.45) is 4.99 Å². The van der Waals surface area contributed by atoms with Crippen molar-refractivity contribution < 1.29 is 4.74 Å². The summed E-state index contributed by atoms with van der Waals surface area (Å²) in [6, 6.07) is 14.1. The first kappa shape index (κ1) is 24.0. The van der Waals surface area contributed by atoms with Gasteiger partial charge in [0, 0.05) is 24.1 Å². The van der Waals surface area contributed by atoms with Crippen LogP contribution >= 0.6 is 35.7 Å². The summed E-state index contributed by atoms with van der Waals surface area (Å²) in [6.45, 7) is 3.30. The highest BCUT2D eigenvalue weighted by Gasteiger charge is 2.08. The van der Waals surface area contributed by atoms with Crippen LogP contribution in [0.1, 0.15) is 17.0 Å². The minimum absolute atomic E-state index is 0. The maximum absolute atomic E-state index is 5.18. The summed E-state index contributed by atoms with van der Waals surface area (Å²) in [4.78, 5) is 10.1. The van der Waals surface area contributed by atoms with E-state index >= 15 is 0 Å². The molecule has 0 bridgehead atoms. The van der Waals surface area contributed by atoms with Crippen LogP contribution in [-0.2, 0) is 13.1 Å². The summed E-state index contributed by atoms with van der Waals surface area (Å²) < 4.78 is 5.18. The molecule has 0 aliphatic carbocycles. The van der Waals surface area contributed by atoms with Crippen molar-refractivity contribution in [3.05, 3.63) is 59.4 Å². The number of guanidine groups is 1. The molecule has 0 unspecified atom stereocenters. The number of aliphatic imine (C=N–C) groups is 1. The number of ether oxygens (including phenoxy) is 1. The van der Waals surface area contributed by atoms with E-state index in [0.29, 0.717) is 24.9 Å². The number of nitrogens with zero attached hydrogens (tertiary/aromatic N) is 3. The number of rotatable bonds is 7. The molecule has 9 heteroatoms. The van der Waals surface area contributed by atoms with E-state index in [4.69, 9.17) is 4.74 Å². The van der Waals surface area contributed by atoms with Crippen molar-refractivity contribution in [2.75, 3.05) is 20.4 Å². The molecule has 0 fully saturated rings. The first-order valence-electron chi connectivity index (χ1n) is 9.26. The van der Waals surface area contributed by atoms with Gasteiger partial charge in [-0.2, -0.15) is 5.10 Å². The van der Waals surface area contributed by atoms with Gasteiger partial charge >= 0.3 is 0 Å². The molecule has 0 saturated heterocycles. The van der Waals surface area contributed by atoms with E-state index < -0.39 is 0 Å². The number of hydrogen-bond donors (Lipinski definition) is 3. The van der Waals surface area contributed by atoms with Gasteiger partial charge in [0.2, 0.25) is 0 Å². The minimum atomic E-state index is 0. The van der Waals surface area contributed by atoms with Crippen molar-refractivity contribution >= 4 is 41.7 Å². The number of aromatic nitrogens is 3. The number of aromatic amines is 1. The average Bonchev–Trinajstić information content (AvgIpc) is 3.23. The van der Waals surface area contributed by atoms with Gasteiger partial charge in [0.05, 0.1) is 13.7 Å². The lowest BCUT2D eigenvalue weighted by Gasteiger charge is -2.13. The predicted molar refractivity (Wildman–Crippen MR) is 134 cm³/mol. The van der Waals surface area contributed by atoms with Crippen molar-refractivity contribution in [1.29, 1.82) is 0 Å². The van der Waals surface area contributed by atoms with E-state index in [1.54, 1.807) is 25.9 Å². The molecule has 0 aliphatic heterocycles. The molecule has 2 aromatic carbocycles. The molecule has 0 saturated carbocycles. The van der Waals surface area contributed by atoms with Crippen molar-refractivity contribution in [2.45, 2.75) is 24.9 Å². The van der Waals surface area contributed by atoms with Crippen molar-refractivity contribution in [3.8, 4) is 17.1 Å². The second kappa shape index (κ2) is 11.8. The highest BCUT2D eigenvalue weighted by atomic mass is 127. The lowest BCUT2D eigenvalue weighted by atomic mass is 10.1. The molecule has 1 heterocycles. The SMILES string of the molecule is CN=C(NCc1nc(-c2ccc(OC)cc2)n[nH]1)NCc1ccc(C)cc1SC.I. The Morgan fingerprint density at radius 3 is 2.53 bits per heavy atom. The van der Waals surface area contributed by atoms with Gasteiger partial charge in [-0.1, -0.05) is 12.1 Å². The van der Waals surface area contributed by atoms with E-state index in [2.05, 4.69) is 62.2 Å². The van der Waals surface area contributed by atoms with E-state index in [-0.39, 0.29) is 24.0 Å². The van der Waals surface area contributed by atoms with Gasteiger partial charge in [-0.05, 0) is 54.6 Å². The number of halogens is 1. The third-order valence-corrected chi connectivity index (χ3v) is 5.24. The highest BCUT2D eigenvalue weighted by molar-refractivity contribution is 14.0. The predicted octanol–water partition coefficient (Wildman–Crippen LogP) is 3.99. The van der Waals surface area contributed by atoms with Crippen LogP contribution in [0.15, 0.2) is 52.4 Å². The summed E-state index contributed by atoms with van der Waals surface area (Å²) in [7, 11) is 3.40. The average molecular weight is 538 g/mol. The maximum Gasteiger partial charge on any atom is 0.191 e. The fourth-order valence-corrected chi connectivity index (χ4v) is 3.51. The van der Waals surface area contributed by atoms with Gasteiger partial charge in [-0.3, -0.25) is 10.1 Å². The summed E-state index contributed by atoms with van der Waals surface area (Å²) in [5.74, 6) is 2.90. The molecule has 0 radical (unpaired) electrons. The molecular weight excluding hydrogens is 511 g/mol. The molecule has 7 nitrogen and oxygen atoms in total. The smallest absolute Gasteiger partial charge is 0.191 e. The maximum atomic E-state index is 5.18. The number of H-pyrrole nitrogens is 1. The monoisotopic (exact) mass is 538 g/mol. The summed E-state index contributed by atoms with van der Waals surface area (Å²) in [6.07, 6.45) is 2.09. The van der Waals surface area contributed by atoms with Crippen LogP contribution < -0.4 is 15.4 Å². The minimum Gasteiger partial charge on any atom is -0.497 e. The fourth-order valence-electron chi connectivity index (χ4n) is 2.81. The molecule has 3 N–H and O–H groups in total. The van der Waals surface area contributed by atoms with Gasteiger partial charge in [0.25, 0.3) is 0 Å². The molecule has 0 atom stereocenters. The van der Waals surface area contributed by atoms with Crippen LogP contribution in [0, 0.1) is 6.92 Å². The first-order chi connectivity index (χ1) is 14.1. The summed E-state index contributed by atoms with van der Waals surface area (Å²) >= 11 is 1.75. The Morgan fingerprint density at radius 1 is 1.13 bits per heavy atom. The van der Waals surface area contributed by atoms with Gasteiger partial charge in [-0.25, -0.2) is 4.98 Å². The van der Waals surface area contributed by atoms with Gasteiger partial charge in [-0.15, -0.1) is 35.7 Å². The second-order valence-corrected chi connectivity index (χ2v) is 7.28. The van der Waals surface area contributed by atoms with Gasteiger partial charge in [0.1, 0.15) is 11.6 Å². The summed E-state index contributed by atoms with van der Waals surface area (Å²) in [5.41, 5.74) is 3.44. The molecule has 0 amide bonds. The van der Waals surface area contributed by atoms with E-state index in [0.717, 1.165) is 17.1 Å². The van der Waals surface area contributed by atoms with Crippen molar-refractivity contribution in [1.82, 2.24) is 25.8 Å². The zero-order valence-electron chi connectivity index (χ0n) is 17.5. The molecule has 3 rings (SSSR count). The van der Waals surface area contributed by atoms with E-state index in [1.807, 2.05) is 24.3 Å². The van der Waals surface area contributed by atoms with Gasteiger partial charge in [0.15, 0.2) is 11.8 Å². The molecule has 30 heavy (non-hydrogen) atoms. The van der Waals surface area contributed by atoms with Crippen LogP contribution in [-0.4, -0.2) is 41.6 Å². The Labute approximate surface area is 198 Å². The quantitative estimate of drug-likeness (QED) is 0.183. The molecular formula is C21H27IN6OS. The Morgan fingerprint density at radius 2 is 1.87 bits per heavy atom. The standard InChI is InChI=1S/C21H26N6OS.HI/c1-14-5-6-16(18(11-14)29-4)12-23-21(22-2)24-13-19-25-20(27-26-19)15-7-9-17(28-3)10-8-15;/h5-11H,12-13H2,1-4H3,(H2,22,23,24)(H,25,26,27);1H. The normalized spacial score (nSPS) is 11.0. The number of hydrogen-bond acceptors (Lipinski definition) is 5. The fraction of sp³-hybridized carbons (Fsp3) is 0.286. The zero-order valence-corrected chi connectivity index (χ0v) is 20.7. The highest BCUT2D eigenvalue weighted by Crippen LogP contribution is 2.21. The second-order valence-electron chi connectivity index (χ2n) is 6.43. The van der Waals surface area contributed by atoms with Gasteiger partial charge < -0.3 is 15.4 Å². The summed E-state index contributed by atoms with van der Waals surface area (Å²) in [5, 5.41) is 13.9. The molecule has 0 spiro atoms. The lowest BCUT2D eigenvalue weighted by Crippen LogP contribution is -2.36. The van der Waals surface area contributed by atoms with Crippen LogP contribution in [0.3, 0.4) is 0 Å². The van der Waals surface area contributed by atoms with Crippen LogP contribution in [0.4, 0.5) is 0 Å². The number of thioether (sulfide) groups is 1. The van der Waals surface area contributed by atoms with Crippen LogP contribution in [0.25, 0.3) is 11.4 Å². The Balaban J connectivity index is 0.00000320. The molecule has 160 valence electrons. The van der Waals surface area contributed by atoms with E-state index in [1.165, 1.54) is 16.0 Å². The topological polar surface area (TPSA) is 87.2 Å². The zero-order chi connectivity index (χ0) is 20.6. The molecule has 0 aliphatic rings. The lowest BCUT2D eigenvalue weighted by molar-refractivity contribution is 0.415. The number of benzene rings is 2. The third kappa shape index (κ3) is 6.36. The third-order valence-electron chi connectivity index (χ3n) is 4.42. The molecule has 3 aromatic rings. The largest absolute Gasteiger partial charge is 0.497 e. The number of methoxy groups -OCH3 is 1. The first-order valence-corrected chi connectivity index (χ1v) is 10.5. The Hall–Kier alpha value is -2.27.